The molecule has 2 nitrogen and oxygen atoms in total. The van der Waals surface area contributed by atoms with Gasteiger partial charge in [-0.3, -0.25) is 4.90 Å². The van der Waals surface area contributed by atoms with Gasteiger partial charge < -0.3 is 5.32 Å². The van der Waals surface area contributed by atoms with Crippen LogP contribution in [-0.2, 0) is 0 Å². The molecule has 2 fully saturated rings. The summed E-state index contributed by atoms with van der Waals surface area (Å²) in [4.78, 5) is 2.83. The Hall–Kier alpha value is 0.270. The second-order valence-corrected chi connectivity index (χ2v) is 8.51. The minimum Gasteiger partial charge on any atom is -0.308 e. The molecule has 1 N–H and O–H groups in total. The van der Waals surface area contributed by atoms with Crippen molar-refractivity contribution in [2.75, 3.05) is 25.4 Å². The second kappa shape index (κ2) is 7.51. The average molecular weight is 299 g/mol. The molecular weight excluding hydrogens is 264 g/mol. The van der Waals surface area contributed by atoms with Crippen LogP contribution in [0.15, 0.2) is 0 Å². The quantitative estimate of drug-likeness (QED) is 0.832. The average Bonchev–Trinajstić information content (AvgIpc) is 2.48. The summed E-state index contributed by atoms with van der Waals surface area (Å²) in [5.41, 5.74) is 0.366. The Morgan fingerprint density at radius 3 is 2.55 bits per heavy atom. The molecule has 0 spiro atoms. The lowest BCUT2D eigenvalue weighted by Crippen LogP contribution is -2.65. The number of nitrogens with one attached hydrogen (secondary N) is 1. The van der Waals surface area contributed by atoms with Crippen LogP contribution >= 0.6 is 11.8 Å². The van der Waals surface area contributed by atoms with Crippen LogP contribution in [-0.4, -0.2) is 47.1 Å². The third-order valence-electron chi connectivity index (χ3n) is 5.50. The van der Waals surface area contributed by atoms with Crippen LogP contribution in [0.5, 0.6) is 0 Å². The molecule has 2 rings (SSSR count). The maximum atomic E-state index is 3.88. The Labute approximate surface area is 130 Å². The van der Waals surface area contributed by atoms with Crippen LogP contribution in [0.4, 0.5) is 0 Å². The molecular formula is C17H34N2S. The molecule has 2 unspecified atom stereocenters. The van der Waals surface area contributed by atoms with E-state index in [9.17, 15) is 0 Å². The zero-order chi connectivity index (χ0) is 14.6. The van der Waals surface area contributed by atoms with E-state index in [4.69, 9.17) is 0 Å². The van der Waals surface area contributed by atoms with Crippen LogP contribution in [0.25, 0.3) is 0 Å². The van der Waals surface area contributed by atoms with E-state index in [-0.39, 0.29) is 0 Å². The Balaban J connectivity index is 2.02. The summed E-state index contributed by atoms with van der Waals surface area (Å²) < 4.78 is 0. The first kappa shape index (κ1) is 16.6. The topological polar surface area (TPSA) is 15.3 Å². The molecule has 0 aromatic heterocycles. The van der Waals surface area contributed by atoms with Crippen molar-refractivity contribution >= 4 is 11.8 Å². The predicted molar refractivity (Wildman–Crippen MR) is 91.6 cm³/mol. The molecule has 2 saturated heterocycles. The predicted octanol–water partition coefficient (Wildman–Crippen LogP) is 3.76. The van der Waals surface area contributed by atoms with E-state index in [1.807, 2.05) is 0 Å². The van der Waals surface area contributed by atoms with Gasteiger partial charge in [0.05, 0.1) is 0 Å². The maximum absolute atomic E-state index is 3.88. The molecule has 0 saturated carbocycles. The molecule has 0 aromatic carbocycles. The number of rotatable bonds is 5. The van der Waals surface area contributed by atoms with E-state index >= 15 is 0 Å². The van der Waals surface area contributed by atoms with Crippen LogP contribution in [0.3, 0.4) is 0 Å². The summed E-state index contributed by atoms with van der Waals surface area (Å²) in [6.07, 6.45) is 6.82. The van der Waals surface area contributed by atoms with Gasteiger partial charge in [0.15, 0.2) is 0 Å². The van der Waals surface area contributed by atoms with Gasteiger partial charge in [-0.2, -0.15) is 11.8 Å². The van der Waals surface area contributed by atoms with Gasteiger partial charge in [-0.1, -0.05) is 34.1 Å². The van der Waals surface area contributed by atoms with Gasteiger partial charge in [0.2, 0.25) is 0 Å². The van der Waals surface area contributed by atoms with Crippen LogP contribution in [0.1, 0.15) is 59.8 Å². The first-order valence-electron chi connectivity index (χ1n) is 8.71. The Kier molecular flexibility index (Phi) is 6.25. The van der Waals surface area contributed by atoms with Crippen LogP contribution < -0.4 is 5.32 Å². The van der Waals surface area contributed by atoms with Gasteiger partial charge in [-0.25, -0.2) is 0 Å². The maximum Gasteiger partial charge on any atom is 0.0304 e. The number of thioether (sulfide) groups is 1. The van der Waals surface area contributed by atoms with Gasteiger partial charge >= 0.3 is 0 Å². The largest absolute Gasteiger partial charge is 0.308 e. The first-order valence-corrected chi connectivity index (χ1v) is 9.75. The molecule has 2 atom stereocenters. The highest BCUT2D eigenvalue weighted by atomic mass is 32.2. The Bertz CT molecular complexity index is 283. The molecule has 2 aliphatic heterocycles. The fourth-order valence-electron chi connectivity index (χ4n) is 3.81. The second-order valence-electron chi connectivity index (χ2n) is 7.10. The fourth-order valence-corrected chi connectivity index (χ4v) is 5.14. The van der Waals surface area contributed by atoms with Crippen molar-refractivity contribution in [3.8, 4) is 0 Å². The van der Waals surface area contributed by atoms with E-state index < -0.39 is 0 Å². The molecule has 0 amide bonds. The summed E-state index contributed by atoms with van der Waals surface area (Å²) in [5.74, 6) is 2.14. The highest BCUT2D eigenvalue weighted by Gasteiger charge is 2.38. The van der Waals surface area contributed by atoms with Crippen molar-refractivity contribution in [3.05, 3.63) is 0 Å². The van der Waals surface area contributed by atoms with Gasteiger partial charge in [0, 0.05) is 36.5 Å². The van der Waals surface area contributed by atoms with E-state index in [1.165, 1.54) is 57.5 Å². The SMILES string of the molecule is CCC1(CC)CN(CC2CCCCS2)C(C(C)C)CN1. The summed E-state index contributed by atoms with van der Waals surface area (Å²) in [6.45, 7) is 13.2. The number of hydrogen-bond donors (Lipinski definition) is 1. The van der Waals surface area contributed by atoms with E-state index in [0.29, 0.717) is 5.54 Å². The first-order chi connectivity index (χ1) is 9.60. The third-order valence-corrected chi connectivity index (χ3v) is 6.88. The molecule has 2 aliphatic rings. The summed E-state index contributed by atoms with van der Waals surface area (Å²) in [6, 6.07) is 0.726. The van der Waals surface area contributed by atoms with E-state index in [2.05, 4.69) is 49.7 Å². The molecule has 0 bridgehead atoms. The lowest BCUT2D eigenvalue weighted by molar-refractivity contribution is 0.0502. The minimum absolute atomic E-state index is 0.366. The van der Waals surface area contributed by atoms with Crippen molar-refractivity contribution in [3.63, 3.8) is 0 Å². The van der Waals surface area contributed by atoms with Gasteiger partial charge in [0.25, 0.3) is 0 Å². The molecule has 0 radical (unpaired) electrons. The fraction of sp³-hybridized carbons (Fsp3) is 1.00. The van der Waals surface area contributed by atoms with Crippen LogP contribution in [0.2, 0.25) is 0 Å². The normalized spacial score (nSPS) is 31.6. The van der Waals surface area contributed by atoms with Crippen molar-refractivity contribution in [2.24, 2.45) is 5.92 Å². The highest BCUT2D eigenvalue weighted by Crippen LogP contribution is 2.30. The Morgan fingerprint density at radius 2 is 2.00 bits per heavy atom. The van der Waals surface area contributed by atoms with E-state index in [1.54, 1.807) is 0 Å². The van der Waals surface area contributed by atoms with Crippen LogP contribution in [0, 0.1) is 5.92 Å². The standard InChI is InChI=1S/C17H34N2S/c1-5-17(6-2)13-19(16(11-18-17)14(3)4)12-15-9-7-8-10-20-15/h14-16,18H,5-13H2,1-4H3. The monoisotopic (exact) mass is 298 g/mol. The smallest absolute Gasteiger partial charge is 0.0304 e. The molecule has 20 heavy (non-hydrogen) atoms. The zero-order valence-electron chi connectivity index (χ0n) is 14.0. The van der Waals surface area contributed by atoms with Gasteiger partial charge in [0.1, 0.15) is 0 Å². The van der Waals surface area contributed by atoms with Gasteiger partial charge in [-0.15, -0.1) is 0 Å². The highest BCUT2D eigenvalue weighted by molar-refractivity contribution is 7.99. The summed E-state index contributed by atoms with van der Waals surface area (Å²) in [7, 11) is 0. The van der Waals surface area contributed by atoms with Crippen molar-refractivity contribution in [2.45, 2.75) is 76.6 Å². The molecule has 0 aliphatic carbocycles. The minimum atomic E-state index is 0.366. The molecule has 0 aromatic rings. The molecule has 118 valence electrons. The molecule has 2 heterocycles. The lowest BCUT2D eigenvalue weighted by atomic mass is 9.86. The van der Waals surface area contributed by atoms with Crippen molar-refractivity contribution in [1.82, 2.24) is 10.2 Å². The zero-order valence-corrected chi connectivity index (χ0v) is 14.8. The van der Waals surface area contributed by atoms with Gasteiger partial charge in [-0.05, 0) is 37.4 Å². The third kappa shape index (κ3) is 3.92. The molecule has 3 heteroatoms. The number of piperazine rings is 1. The number of hydrogen-bond acceptors (Lipinski definition) is 3. The van der Waals surface area contributed by atoms with E-state index in [0.717, 1.165) is 17.2 Å². The lowest BCUT2D eigenvalue weighted by Gasteiger charge is -2.50. The summed E-state index contributed by atoms with van der Waals surface area (Å²) >= 11 is 2.22. The van der Waals surface area contributed by atoms with Crippen molar-refractivity contribution < 1.29 is 0 Å². The number of nitrogens with zero attached hydrogens (tertiary/aromatic N) is 1. The summed E-state index contributed by atoms with van der Waals surface area (Å²) in [5, 5.41) is 4.77. The Morgan fingerprint density at radius 1 is 1.25 bits per heavy atom. The van der Waals surface area contributed by atoms with Crippen molar-refractivity contribution in [1.29, 1.82) is 0 Å².